The summed E-state index contributed by atoms with van der Waals surface area (Å²) in [6.07, 6.45) is -3.20. The van der Waals surface area contributed by atoms with Crippen LogP contribution >= 0.6 is 0 Å². The molecule has 174 valence electrons. The lowest BCUT2D eigenvalue weighted by Gasteiger charge is -2.17. The zero-order chi connectivity index (χ0) is 24.6. The number of rotatable bonds is 6. The second-order valence-electron chi connectivity index (χ2n) is 7.40. The Morgan fingerprint density at radius 2 is 1.72 bits per heavy atom. The lowest BCUT2D eigenvalue weighted by atomic mass is 9.91. The summed E-state index contributed by atoms with van der Waals surface area (Å²) in [5, 5.41) is 3.83. The molecule has 1 aromatic carbocycles. The van der Waals surface area contributed by atoms with Gasteiger partial charge in [-0.25, -0.2) is 17.9 Å². The highest BCUT2D eigenvalue weighted by Gasteiger charge is 2.42. The molecule has 2 aromatic rings. The predicted octanol–water partition coefficient (Wildman–Crippen LogP) is 4.13. The van der Waals surface area contributed by atoms with Gasteiger partial charge in [0.15, 0.2) is 15.6 Å². The molecule has 1 aromatic heterocycles. The molecule has 0 radical (unpaired) electrons. The number of aryl methyl sites for hydroxylation is 1. The Labute approximate surface area is 183 Å². The number of hydrogen-bond acceptors (Lipinski definition) is 6. The SMILES string of the molecule is CCn1ncc(C(=O)c2ccc(S(C)(=O)=O)c(C(C)=C(C)C)c2C)c1OC(=O)C(F)(F)F. The van der Waals surface area contributed by atoms with Gasteiger partial charge in [0.1, 0.15) is 5.56 Å². The van der Waals surface area contributed by atoms with Gasteiger partial charge in [-0.2, -0.15) is 18.3 Å². The van der Waals surface area contributed by atoms with E-state index < -0.39 is 33.6 Å². The number of esters is 1. The monoisotopic (exact) mass is 472 g/mol. The Morgan fingerprint density at radius 1 is 1.12 bits per heavy atom. The number of aromatic nitrogens is 2. The number of halogens is 3. The van der Waals surface area contributed by atoms with Crippen LogP contribution in [0.4, 0.5) is 13.2 Å². The Bertz CT molecular complexity index is 1220. The van der Waals surface area contributed by atoms with Gasteiger partial charge in [0.25, 0.3) is 0 Å². The van der Waals surface area contributed by atoms with Crippen molar-refractivity contribution < 1.29 is 35.9 Å². The molecular formula is C21H23F3N2O5S. The van der Waals surface area contributed by atoms with E-state index in [2.05, 4.69) is 9.84 Å². The van der Waals surface area contributed by atoms with Gasteiger partial charge in [-0.3, -0.25) is 4.79 Å². The van der Waals surface area contributed by atoms with E-state index in [0.29, 0.717) is 16.7 Å². The number of alkyl halides is 3. The zero-order valence-corrected chi connectivity index (χ0v) is 19.2. The maximum Gasteiger partial charge on any atom is 0.491 e. The van der Waals surface area contributed by atoms with Crippen LogP contribution in [0.2, 0.25) is 0 Å². The van der Waals surface area contributed by atoms with E-state index in [1.165, 1.54) is 12.1 Å². The molecule has 0 atom stereocenters. The van der Waals surface area contributed by atoms with Gasteiger partial charge in [-0.1, -0.05) is 5.57 Å². The summed E-state index contributed by atoms with van der Waals surface area (Å²) in [6, 6.07) is 2.57. The molecule has 1 heterocycles. The largest absolute Gasteiger partial charge is 0.491 e. The second kappa shape index (κ2) is 8.89. The van der Waals surface area contributed by atoms with Crippen LogP contribution in [0, 0.1) is 6.92 Å². The first-order valence-corrected chi connectivity index (χ1v) is 11.4. The summed E-state index contributed by atoms with van der Waals surface area (Å²) in [5.41, 5.74) is 1.84. The fraction of sp³-hybridized carbons (Fsp3) is 0.381. The van der Waals surface area contributed by atoms with Gasteiger partial charge >= 0.3 is 12.1 Å². The maximum absolute atomic E-state index is 13.3. The molecule has 0 aliphatic heterocycles. The first-order valence-electron chi connectivity index (χ1n) is 9.48. The first-order chi connectivity index (χ1) is 14.6. The average Bonchev–Trinajstić information content (AvgIpc) is 3.07. The Balaban J connectivity index is 2.73. The summed E-state index contributed by atoms with van der Waals surface area (Å²) in [7, 11) is -3.64. The maximum atomic E-state index is 13.3. The van der Waals surface area contributed by atoms with Crippen LogP contribution in [0.3, 0.4) is 0 Å². The summed E-state index contributed by atoms with van der Waals surface area (Å²) in [6.45, 7) is 8.43. The fourth-order valence-corrected chi connectivity index (χ4v) is 4.10. The van der Waals surface area contributed by atoms with Crippen molar-refractivity contribution in [1.29, 1.82) is 0 Å². The third kappa shape index (κ3) is 4.93. The van der Waals surface area contributed by atoms with Gasteiger partial charge in [0.05, 0.1) is 11.1 Å². The third-order valence-corrected chi connectivity index (χ3v) is 6.09. The van der Waals surface area contributed by atoms with Crippen LogP contribution in [-0.2, 0) is 21.2 Å². The molecule has 0 amide bonds. The number of carbonyl (C=O) groups excluding carboxylic acids is 2. The number of hydrogen-bond donors (Lipinski definition) is 0. The van der Waals surface area contributed by atoms with Gasteiger partial charge in [0, 0.05) is 18.4 Å². The van der Waals surface area contributed by atoms with Gasteiger partial charge < -0.3 is 4.74 Å². The highest BCUT2D eigenvalue weighted by atomic mass is 32.2. The van der Waals surface area contributed by atoms with E-state index in [0.717, 1.165) is 22.7 Å². The van der Waals surface area contributed by atoms with E-state index >= 15 is 0 Å². The summed E-state index contributed by atoms with van der Waals surface area (Å²) in [5.74, 6) is -3.87. The van der Waals surface area contributed by atoms with Crippen molar-refractivity contribution in [2.75, 3.05) is 6.26 Å². The van der Waals surface area contributed by atoms with Crippen LogP contribution in [0.25, 0.3) is 5.57 Å². The summed E-state index contributed by atoms with van der Waals surface area (Å²) in [4.78, 5) is 24.7. The molecule has 0 aliphatic rings. The molecule has 0 aliphatic carbocycles. The summed E-state index contributed by atoms with van der Waals surface area (Å²) >= 11 is 0. The van der Waals surface area contributed by atoms with Crippen LogP contribution in [0.15, 0.2) is 28.8 Å². The quantitative estimate of drug-likeness (QED) is 0.464. The van der Waals surface area contributed by atoms with Gasteiger partial charge in [-0.15, -0.1) is 0 Å². The summed E-state index contributed by atoms with van der Waals surface area (Å²) < 4.78 is 68.2. The Morgan fingerprint density at radius 3 is 2.19 bits per heavy atom. The van der Waals surface area contributed by atoms with E-state index in [4.69, 9.17) is 0 Å². The number of ketones is 1. The molecule has 2 rings (SSSR count). The Kier molecular flexibility index (Phi) is 7.03. The molecule has 0 saturated heterocycles. The smallest absolute Gasteiger partial charge is 0.400 e. The number of allylic oxidation sites excluding steroid dienone is 2. The molecule has 0 spiro atoms. The molecule has 11 heteroatoms. The highest BCUT2D eigenvalue weighted by Crippen LogP contribution is 2.33. The molecule has 0 bridgehead atoms. The van der Waals surface area contributed by atoms with Crippen LogP contribution in [-0.4, -0.2) is 42.4 Å². The van der Waals surface area contributed by atoms with Crippen molar-refractivity contribution in [3.05, 3.63) is 46.2 Å². The lowest BCUT2D eigenvalue weighted by Crippen LogP contribution is -2.29. The van der Waals surface area contributed by atoms with Crippen molar-refractivity contribution in [2.45, 2.75) is 52.2 Å². The number of sulfone groups is 1. The third-order valence-electron chi connectivity index (χ3n) is 4.95. The van der Waals surface area contributed by atoms with Gasteiger partial charge in [-0.05, 0) is 63.5 Å². The van der Waals surface area contributed by atoms with Gasteiger partial charge in [0.2, 0.25) is 5.88 Å². The number of ether oxygens (including phenoxy) is 1. The van der Waals surface area contributed by atoms with Crippen molar-refractivity contribution in [3.63, 3.8) is 0 Å². The van der Waals surface area contributed by atoms with Crippen molar-refractivity contribution >= 4 is 27.2 Å². The number of nitrogens with zero attached hydrogens (tertiary/aromatic N) is 2. The number of benzene rings is 1. The van der Waals surface area contributed by atoms with E-state index in [1.807, 2.05) is 0 Å². The van der Waals surface area contributed by atoms with Crippen molar-refractivity contribution in [1.82, 2.24) is 9.78 Å². The molecule has 32 heavy (non-hydrogen) atoms. The minimum atomic E-state index is -5.26. The first kappa shape index (κ1) is 25.3. The standard InChI is InChI=1S/C21H23F3N2O5S/c1-7-26-19(31-20(28)21(22,23)24)15(10-25-26)18(27)14-8-9-16(32(6,29)30)17(13(14)5)12(4)11(2)3/h8-10H,7H2,1-6H3. The van der Waals surface area contributed by atoms with Crippen LogP contribution < -0.4 is 4.74 Å². The van der Waals surface area contributed by atoms with Crippen LogP contribution in [0.5, 0.6) is 5.88 Å². The minimum Gasteiger partial charge on any atom is -0.400 e. The molecule has 0 unspecified atom stereocenters. The Hall–Kier alpha value is -2.95. The van der Waals surface area contributed by atoms with E-state index in [-0.39, 0.29) is 22.6 Å². The predicted molar refractivity (Wildman–Crippen MR) is 111 cm³/mol. The molecule has 0 fully saturated rings. The average molecular weight is 472 g/mol. The number of carbonyl (C=O) groups is 2. The van der Waals surface area contributed by atoms with Crippen molar-refractivity contribution in [2.24, 2.45) is 0 Å². The molecule has 0 saturated carbocycles. The zero-order valence-electron chi connectivity index (χ0n) is 18.4. The van der Waals surface area contributed by atoms with Crippen molar-refractivity contribution in [3.8, 4) is 5.88 Å². The lowest BCUT2D eigenvalue weighted by molar-refractivity contribution is -0.190. The molecular weight excluding hydrogens is 449 g/mol. The highest BCUT2D eigenvalue weighted by molar-refractivity contribution is 7.90. The second-order valence-corrected chi connectivity index (χ2v) is 9.39. The normalized spacial score (nSPS) is 11.9. The van der Waals surface area contributed by atoms with Crippen LogP contribution in [0.1, 0.15) is 54.7 Å². The topological polar surface area (TPSA) is 95.3 Å². The molecule has 0 N–H and O–H groups in total. The minimum absolute atomic E-state index is 0.0261. The molecule has 7 nitrogen and oxygen atoms in total. The fourth-order valence-electron chi connectivity index (χ4n) is 3.11. The van der Waals surface area contributed by atoms with E-state index in [1.54, 1.807) is 34.6 Å². The van der Waals surface area contributed by atoms with E-state index in [9.17, 15) is 31.2 Å².